The molecule has 1 aliphatic rings. The lowest BCUT2D eigenvalue weighted by atomic mass is 9.84. The first-order valence-electron chi connectivity index (χ1n) is 7.75. The van der Waals surface area contributed by atoms with Gasteiger partial charge < -0.3 is 4.84 Å². The third kappa shape index (κ3) is 2.72. The highest BCUT2D eigenvalue weighted by Crippen LogP contribution is 2.60. The van der Waals surface area contributed by atoms with Gasteiger partial charge in [-0.25, -0.2) is 12.8 Å². The van der Waals surface area contributed by atoms with Crippen molar-refractivity contribution in [1.82, 2.24) is 0 Å². The van der Waals surface area contributed by atoms with Crippen LogP contribution >= 0.6 is 0 Å². The maximum atomic E-state index is 16.2. The summed E-state index contributed by atoms with van der Waals surface area (Å²) in [5.41, 5.74) is -14.4. The maximum absolute atomic E-state index is 16.2. The lowest BCUT2D eigenvalue weighted by molar-refractivity contribution is -0.296. The van der Waals surface area contributed by atoms with Crippen molar-refractivity contribution in [3.63, 3.8) is 0 Å². The van der Waals surface area contributed by atoms with Crippen molar-refractivity contribution >= 4 is 15.5 Å². The van der Waals surface area contributed by atoms with E-state index in [0.29, 0.717) is 12.1 Å². The molecule has 0 bridgehead atoms. The van der Waals surface area contributed by atoms with E-state index in [9.17, 15) is 34.8 Å². The van der Waals surface area contributed by atoms with Crippen LogP contribution in [-0.2, 0) is 20.3 Å². The van der Waals surface area contributed by atoms with Crippen LogP contribution in [0, 0.1) is 0 Å². The van der Waals surface area contributed by atoms with Crippen LogP contribution in [0.4, 0.5) is 30.7 Å². The van der Waals surface area contributed by atoms with Crippen molar-refractivity contribution in [2.24, 2.45) is 5.16 Å². The number of hydrogen-bond acceptors (Lipinski definition) is 4. The van der Waals surface area contributed by atoms with Gasteiger partial charge in [0.1, 0.15) is 5.71 Å². The number of oxime groups is 1. The average molecular weight is 441 g/mol. The molecule has 29 heavy (non-hydrogen) atoms. The summed E-state index contributed by atoms with van der Waals surface area (Å²) in [5, 5.41) is -2.28. The Labute approximate surface area is 159 Å². The van der Waals surface area contributed by atoms with E-state index in [4.69, 9.17) is 0 Å². The van der Waals surface area contributed by atoms with Crippen LogP contribution in [0.15, 0.2) is 65.8 Å². The Hall–Kier alpha value is -2.63. The molecule has 0 aliphatic carbocycles. The Balaban J connectivity index is 2.45. The zero-order valence-electron chi connectivity index (χ0n) is 14.0. The molecule has 0 aromatic heterocycles. The predicted molar refractivity (Wildman–Crippen MR) is 87.1 cm³/mol. The molecule has 12 heteroatoms. The molecule has 2 atom stereocenters. The van der Waals surface area contributed by atoms with Crippen LogP contribution in [-0.4, -0.2) is 30.8 Å². The van der Waals surface area contributed by atoms with Crippen LogP contribution in [0.5, 0.6) is 0 Å². The molecule has 2 aromatic carbocycles. The van der Waals surface area contributed by atoms with Gasteiger partial charge in [0.05, 0.1) is 0 Å². The summed E-state index contributed by atoms with van der Waals surface area (Å²) in [6, 6.07) is 9.85. The van der Waals surface area contributed by atoms with E-state index in [2.05, 4.69) is 9.99 Å². The number of sulfone groups is 1. The van der Waals surface area contributed by atoms with Crippen LogP contribution in [0.3, 0.4) is 0 Å². The molecule has 0 amide bonds. The molecule has 0 fully saturated rings. The van der Waals surface area contributed by atoms with Gasteiger partial charge in [-0.05, 0) is 0 Å². The highest BCUT2D eigenvalue weighted by molar-refractivity contribution is 7.94. The van der Waals surface area contributed by atoms with Crippen molar-refractivity contribution in [2.45, 2.75) is 22.3 Å². The van der Waals surface area contributed by atoms with Gasteiger partial charge in [-0.2, -0.15) is 26.3 Å². The van der Waals surface area contributed by atoms with E-state index in [1.54, 1.807) is 0 Å². The number of hydrogen-bond donors (Lipinski definition) is 0. The summed E-state index contributed by atoms with van der Waals surface area (Å²) >= 11 is 0. The molecule has 0 saturated carbocycles. The molecule has 0 unspecified atom stereocenters. The molecule has 3 rings (SSSR count). The first-order valence-corrected chi connectivity index (χ1v) is 9.23. The Bertz CT molecular complexity index is 1040. The summed E-state index contributed by atoms with van der Waals surface area (Å²) in [6.07, 6.45) is -5.94. The number of halogens is 7. The highest BCUT2D eigenvalue weighted by atomic mass is 32.2. The fourth-order valence-electron chi connectivity index (χ4n) is 3.02. The van der Waals surface area contributed by atoms with E-state index >= 15 is 4.39 Å². The van der Waals surface area contributed by atoms with Crippen molar-refractivity contribution in [2.75, 3.05) is 0 Å². The first-order chi connectivity index (χ1) is 13.3. The smallest absolute Gasteiger partial charge is 0.369 e. The SMILES string of the molecule is O=S(=O)(C(F)(F)F)[C@@]1(F)C(c2ccccc2)=NO[C@]1(c1ccccc1)C(F)(F)F. The van der Waals surface area contributed by atoms with Crippen LogP contribution in [0.2, 0.25) is 0 Å². The van der Waals surface area contributed by atoms with Crippen molar-refractivity contribution in [3.8, 4) is 0 Å². The van der Waals surface area contributed by atoms with Gasteiger partial charge >= 0.3 is 22.3 Å². The van der Waals surface area contributed by atoms with E-state index in [0.717, 1.165) is 36.4 Å². The largest absolute Gasteiger partial charge is 0.501 e. The van der Waals surface area contributed by atoms with Gasteiger partial charge in [-0.1, -0.05) is 65.8 Å². The molecule has 0 saturated heterocycles. The van der Waals surface area contributed by atoms with Crippen LogP contribution in [0.1, 0.15) is 11.1 Å². The van der Waals surface area contributed by atoms with Gasteiger partial charge in [0.25, 0.3) is 9.84 Å². The second-order valence-electron chi connectivity index (χ2n) is 5.99. The minimum atomic E-state index is -7.15. The molecule has 0 N–H and O–H groups in total. The van der Waals surface area contributed by atoms with Gasteiger partial charge in [0, 0.05) is 11.1 Å². The van der Waals surface area contributed by atoms with Crippen molar-refractivity contribution in [3.05, 3.63) is 71.8 Å². The minimum Gasteiger partial charge on any atom is -0.369 e. The number of nitrogens with zero attached hydrogens (tertiary/aromatic N) is 1. The average Bonchev–Trinajstić information content (AvgIpc) is 2.98. The summed E-state index contributed by atoms with van der Waals surface area (Å²) in [4.78, 5) is 4.26. The molecule has 1 aliphatic heterocycles. The zero-order chi connectivity index (χ0) is 21.7. The fraction of sp³-hybridized carbons (Fsp3) is 0.235. The Morgan fingerprint density at radius 3 is 1.76 bits per heavy atom. The Morgan fingerprint density at radius 1 is 0.828 bits per heavy atom. The van der Waals surface area contributed by atoms with Gasteiger partial charge in [-0.3, -0.25) is 0 Å². The first kappa shape index (κ1) is 21.1. The van der Waals surface area contributed by atoms with E-state index < -0.39 is 49.0 Å². The van der Waals surface area contributed by atoms with Gasteiger partial charge in [0.15, 0.2) is 0 Å². The molecule has 0 radical (unpaired) electrons. The quantitative estimate of drug-likeness (QED) is 0.661. The monoisotopic (exact) mass is 441 g/mol. The molecule has 0 spiro atoms. The zero-order valence-corrected chi connectivity index (χ0v) is 14.8. The topological polar surface area (TPSA) is 55.7 Å². The molecule has 1 heterocycles. The van der Waals surface area contributed by atoms with Crippen LogP contribution in [0.25, 0.3) is 0 Å². The second kappa shape index (κ2) is 6.44. The molecule has 2 aromatic rings. The van der Waals surface area contributed by atoms with Crippen LogP contribution < -0.4 is 0 Å². The lowest BCUT2D eigenvalue weighted by Gasteiger charge is -2.38. The summed E-state index contributed by atoms with van der Waals surface area (Å²) < 4.78 is 123. The summed E-state index contributed by atoms with van der Waals surface area (Å²) in [7, 11) is -7.15. The predicted octanol–water partition coefficient (Wildman–Crippen LogP) is 4.48. The maximum Gasteiger partial charge on any atom is 0.501 e. The summed E-state index contributed by atoms with van der Waals surface area (Å²) in [5.74, 6) is 0. The normalized spacial score (nSPS) is 25.4. The Kier molecular flexibility index (Phi) is 4.68. The number of alkyl halides is 7. The lowest BCUT2D eigenvalue weighted by Crippen LogP contribution is -2.65. The fourth-order valence-corrected chi connectivity index (χ4v) is 4.40. The van der Waals surface area contributed by atoms with Gasteiger partial charge in [0.2, 0.25) is 0 Å². The van der Waals surface area contributed by atoms with E-state index in [1.807, 2.05) is 0 Å². The third-order valence-electron chi connectivity index (χ3n) is 4.33. The minimum absolute atomic E-state index is 0.608. The summed E-state index contributed by atoms with van der Waals surface area (Å²) in [6.45, 7) is 0. The Morgan fingerprint density at radius 2 is 1.31 bits per heavy atom. The molecule has 156 valence electrons. The number of benzene rings is 2. The third-order valence-corrected chi connectivity index (χ3v) is 6.16. The standard InChI is InChI=1S/C17H10F7NO3S/c18-15(29(26,27)17(22,23)24)13(11-7-3-1-4-8-11)25-28-14(15,16(19,20)21)12-9-5-2-6-10-12/h1-10H/t14-,15-/m0/s1. The second-order valence-corrected chi connectivity index (χ2v) is 8.02. The van der Waals surface area contributed by atoms with Crippen molar-refractivity contribution < 1.29 is 44.0 Å². The van der Waals surface area contributed by atoms with E-state index in [-0.39, 0.29) is 0 Å². The van der Waals surface area contributed by atoms with Gasteiger partial charge in [-0.15, -0.1) is 0 Å². The van der Waals surface area contributed by atoms with E-state index in [1.165, 1.54) is 12.1 Å². The number of rotatable bonds is 3. The molecule has 4 nitrogen and oxygen atoms in total. The highest BCUT2D eigenvalue weighted by Gasteiger charge is 2.86. The van der Waals surface area contributed by atoms with Crippen molar-refractivity contribution in [1.29, 1.82) is 0 Å². The molecular formula is C17H10F7NO3S. The molecular weight excluding hydrogens is 431 g/mol.